The number of aromatic nitrogens is 1. The Kier molecular flexibility index (Phi) is 6.18. The Morgan fingerprint density at radius 2 is 1.80 bits per heavy atom. The second-order valence-corrected chi connectivity index (χ2v) is 6.95. The standard InChI is InChI=1S/C21H28N2O2/c1-6-17-19(15(5)24)14(4)22-20(17)21(25)23-18(12-13(2)3)16-10-8-7-9-11-16/h7-11,13,18,22H,6,12H2,1-5H3,(H,23,25). The summed E-state index contributed by atoms with van der Waals surface area (Å²) in [6.07, 6.45) is 1.50. The van der Waals surface area contributed by atoms with Gasteiger partial charge >= 0.3 is 0 Å². The molecule has 0 aliphatic heterocycles. The number of Topliss-reactive ketones (excluding diaryl/α,β-unsaturated/α-hetero) is 1. The number of aryl methyl sites for hydroxylation is 1. The molecule has 1 heterocycles. The number of ketones is 1. The van der Waals surface area contributed by atoms with Crippen molar-refractivity contribution >= 4 is 11.7 Å². The molecule has 0 aliphatic carbocycles. The third kappa shape index (κ3) is 4.38. The van der Waals surface area contributed by atoms with Crippen molar-refractivity contribution in [3.63, 3.8) is 0 Å². The van der Waals surface area contributed by atoms with E-state index in [1.165, 1.54) is 0 Å². The van der Waals surface area contributed by atoms with Crippen LogP contribution in [-0.2, 0) is 6.42 Å². The molecule has 134 valence electrons. The van der Waals surface area contributed by atoms with Crippen molar-refractivity contribution in [1.29, 1.82) is 0 Å². The minimum atomic E-state index is -0.151. The van der Waals surface area contributed by atoms with Crippen LogP contribution >= 0.6 is 0 Å². The summed E-state index contributed by atoms with van der Waals surface area (Å²) >= 11 is 0. The van der Waals surface area contributed by atoms with E-state index in [1.54, 1.807) is 6.92 Å². The first-order valence-corrected chi connectivity index (χ1v) is 8.93. The quantitative estimate of drug-likeness (QED) is 0.723. The third-order valence-corrected chi connectivity index (χ3v) is 4.44. The van der Waals surface area contributed by atoms with Crippen LogP contribution in [0.3, 0.4) is 0 Å². The van der Waals surface area contributed by atoms with Gasteiger partial charge in [0.2, 0.25) is 0 Å². The van der Waals surface area contributed by atoms with Gasteiger partial charge in [0, 0.05) is 11.3 Å². The summed E-state index contributed by atoms with van der Waals surface area (Å²) in [6, 6.07) is 9.96. The zero-order valence-electron chi connectivity index (χ0n) is 15.8. The molecule has 0 radical (unpaired) electrons. The van der Waals surface area contributed by atoms with Gasteiger partial charge in [0.05, 0.1) is 6.04 Å². The maximum Gasteiger partial charge on any atom is 0.268 e. The summed E-state index contributed by atoms with van der Waals surface area (Å²) in [4.78, 5) is 28.0. The summed E-state index contributed by atoms with van der Waals surface area (Å²) in [5.74, 6) is 0.294. The van der Waals surface area contributed by atoms with E-state index in [4.69, 9.17) is 0 Å². The van der Waals surface area contributed by atoms with Gasteiger partial charge in [-0.3, -0.25) is 9.59 Å². The van der Waals surface area contributed by atoms with E-state index in [0.29, 0.717) is 23.6 Å². The van der Waals surface area contributed by atoms with Crippen LogP contribution in [0.5, 0.6) is 0 Å². The Morgan fingerprint density at radius 3 is 2.32 bits per heavy atom. The minimum Gasteiger partial charge on any atom is -0.354 e. The van der Waals surface area contributed by atoms with Gasteiger partial charge < -0.3 is 10.3 Å². The smallest absolute Gasteiger partial charge is 0.268 e. The number of carbonyl (C=O) groups excluding carboxylic acids is 2. The fraction of sp³-hybridized carbons (Fsp3) is 0.429. The number of hydrogen-bond acceptors (Lipinski definition) is 2. The Labute approximate surface area is 150 Å². The van der Waals surface area contributed by atoms with Gasteiger partial charge in [-0.05, 0) is 43.7 Å². The summed E-state index contributed by atoms with van der Waals surface area (Å²) in [6.45, 7) is 9.64. The minimum absolute atomic E-state index is 0.00793. The maximum absolute atomic E-state index is 12.9. The fourth-order valence-corrected chi connectivity index (χ4v) is 3.37. The zero-order chi connectivity index (χ0) is 18.6. The molecule has 2 aromatic rings. The van der Waals surface area contributed by atoms with Gasteiger partial charge in [0.1, 0.15) is 5.69 Å². The summed E-state index contributed by atoms with van der Waals surface area (Å²) in [7, 11) is 0. The van der Waals surface area contributed by atoms with E-state index < -0.39 is 0 Å². The number of nitrogens with one attached hydrogen (secondary N) is 2. The van der Waals surface area contributed by atoms with Gasteiger partial charge in [-0.1, -0.05) is 51.1 Å². The third-order valence-electron chi connectivity index (χ3n) is 4.44. The van der Waals surface area contributed by atoms with Gasteiger partial charge in [0.15, 0.2) is 5.78 Å². The van der Waals surface area contributed by atoms with Crippen LogP contribution in [0.2, 0.25) is 0 Å². The lowest BCUT2D eigenvalue weighted by molar-refractivity contribution is 0.0926. The monoisotopic (exact) mass is 340 g/mol. The molecular weight excluding hydrogens is 312 g/mol. The first-order valence-electron chi connectivity index (χ1n) is 8.93. The van der Waals surface area contributed by atoms with Crippen LogP contribution in [0.4, 0.5) is 0 Å². The van der Waals surface area contributed by atoms with Crippen molar-refractivity contribution in [2.45, 2.75) is 53.5 Å². The van der Waals surface area contributed by atoms with Crippen LogP contribution in [0.15, 0.2) is 30.3 Å². The maximum atomic E-state index is 12.9. The summed E-state index contributed by atoms with van der Waals surface area (Å²) in [5.41, 5.74) is 3.81. The molecule has 0 saturated heterocycles. The lowest BCUT2D eigenvalue weighted by Gasteiger charge is -2.21. The van der Waals surface area contributed by atoms with E-state index in [1.807, 2.05) is 44.2 Å². The number of amides is 1. The van der Waals surface area contributed by atoms with Gasteiger partial charge in [0.25, 0.3) is 5.91 Å². The SMILES string of the molecule is CCc1c(C(=O)NC(CC(C)C)c2ccccc2)[nH]c(C)c1C(C)=O. The lowest BCUT2D eigenvalue weighted by atomic mass is 9.96. The van der Waals surface area contributed by atoms with E-state index >= 15 is 0 Å². The number of H-pyrrole nitrogens is 1. The predicted octanol–water partition coefficient (Wildman–Crippen LogP) is 4.61. The molecule has 25 heavy (non-hydrogen) atoms. The molecule has 1 unspecified atom stereocenters. The average molecular weight is 340 g/mol. The highest BCUT2D eigenvalue weighted by atomic mass is 16.2. The topological polar surface area (TPSA) is 62.0 Å². The second-order valence-electron chi connectivity index (χ2n) is 6.95. The largest absolute Gasteiger partial charge is 0.354 e. The summed E-state index contributed by atoms with van der Waals surface area (Å²) < 4.78 is 0. The number of aromatic amines is 1. The van der Waals surface area contributed by atoms with Crippen molar-refractivity contribution in [1.82, 2.24) is 10.3 Å². The highest BCUT2D eigenvalue weighted by Crippen LogP contribution is 2.24. The van der Waals surface area contributed by atoms with Crippen molar-refractivity contribution in [2.24, 2.45) is 5.92 Å². The van der Waals surface area contributed by atoms with E-state index in [-0.39, 0.29) is 17.7 Å². The first-order chi connectivity index (χ1) is 11.8. The van der Waals surface area contributed by atoms with Crippen LogP contribution in [0.25, 0.3) is 0 Å². The molecule has 0 bridgehead atoms. The Bertz CT molecular complexity index is 745. The number of hydrogen-bond donors (Lipinski definition) is 2. The van der Waals surface area contributed by atoms with E-state index in [9.17, 15) is 9.59 Å². The second kappa shape index (κ2) is 8.15. The molecule has 4 heteroatoms. The van der Waals surface area contributed by atoms with Crippen molar-refractivity contribution in [3.8, 4) is 0 Å². The molecule has 1 aromatic carbocycles. The molecule has 2 rings (SSSR count). The van der Waals surface area contributed by atoms with E-state index in [2.05, 4.69) is 24.1 Å². The molecule has 0 fully saturated rings. The molecule has 4 nitrogen and oxygen atoms in total. The fourth-order valence-electron chi connectivity index (χ4n) is 3.37. The molecular formula is C21H28N2O2. The van der Waals surface area contributed by atoms with Crippen LogP contribution in [0.1, 0.15) is 77.8 Å². The Balaban J connectivity index is 2.33. The number of rotatable bonds is 7. The number of carbonyl (C=O) groups is 2. The highest BCUT2D eigenvalue weighted by Gasteiger charge is 2.24. The van der Waals surface area contributed by atoms with Crippen LogP contribution in [-0.4, -0.2) is 16.7 Å². The molecule has 0 spiro atoms. The molecule has 1 atom stereocenters. The van der Waals surface area contributed by atoms with Crippen LogP contribution in [0, 0.1) is 12.8 Å². The van der Waals surface area contributed by atoms with Crippen molar-refractivity contribution in [2.75, 3.05) is 0 Å². The van der Waals surface area contributed by atoms with Crippen molar-refractivity contribution < 1.29 is 9.59 Å². The number of benzene rings is 1. The van der Waals surface area contributed by atoms with E-state index in [0.717, 1.165) is 23.2 Å². The average Bonchev–Trinajstić information content (AvgIpc) is 2.91. The lowest BCUT2D eigenvalue weighted by Crippen LogP contribution is -2.30. The molecule has 0 saturated carbocycles. The van der Waals surface area contributed by atoms with Gasteiger partial charge in [-0.25, -0.2) is 0 Å². The van der Waals surface area contributed by atoms with Gasteiger partial charge in [-0.15, -0.1) is 0 Å². The Morgan fingerprint density at radius 1 is 1.16 bits per heavy atom. The normalized spacial score (nSPS) is 12.2. The molecule has 1 amide bonds. The molecule has 0 aliphatic rings. The molecule has 2 N–H and O–H groups in total. The van der Waals surface area contributed by atoms with Crippen molar-refractivity contribution in [3.05, 3.63) is 58.4 Å². The highest BCUT2D eigenvalue weighted by molar-refractivity contribution is 6.02. The predicted molar refractivity (Wildman–Crippen MR) is 101 cm³/mol. The first kappa shape index (κ1) is 19.0. The summed E-state index contributed by atoms with van der Waals surface area (Å²) in [5, 5.41) is 3.15. The zero-order valence-corrected chi connectivity index (χ0v) is 15.8. The van der Waals surface area contributed by atoms with Gasteiger partial charge in [-0.2, -0.15) is 0 Å². The molecule has 1 aromatic heterocycles. The Hall–Kier alpha value is -2.36. The van der Waals surface area contributed by atoms with Crippen LogP contribution < -0.4 is 5.32 Å².